The molecule has 0 aliphatic heterocycles. The summed E-state index contributed by atoms with van der Waals surface area (Å²) in [5, 5.41) is 0. The molecule has 2 N–H and O–H groups in total. The zero-order chi connectivity index (χ0) is 12.8. The maximum absolute atomic E-state index is 11.0. The molecule has 4 nitrogen and oxygen atoms in total. The van der Waals surface area contributed by atoms with Crippen molar-refractivity contribution in [3.63, 3.8) is 0 Å². The van der Waals surface area contributed by atoms with Gasteiger partial charge in [-0.2, -0.15) is 0 Å². The number of hydrogen-bond acceptors (Lipinski definition) is 4. The third-order valence-electron chi connectivity index (χ3n) is 2.91. The highest BCUT2D eigenvalue weighted by Crippen LogP contribution is 2.29. The first kappa shape index (κ1) is 15.4. The van der Waals surface area contributed by atoms with Gasteiger partial charge in [-0.25, -0.2) is 0 Å². The molecule has 0 fully saturated rings. The zero-order valence-electron chi connectivity index (χ0n) is 11.1. The van der Waals surface area contributed by atoms with Crippen molar-refractivity contribution >= 4 is 5.97 Å². The molecule has 0 rings (SSSR count). The van der Waals surface area contributed by atoms with Gasteiger partial charge in [0.25, 0.3) is 0 Å². The van der Waals surface area contributed by atoms with E-state index < -0.39 is 11.2 Å². The van der Waals surface area contributed by atoms with Gasteiger partial charge >= 0.3 is 5.97 Å². The van der Waals surface area contributed by atoms with Crippen molar-refractivity contribution < 1.29 is 14.3 Å². The molecule has 0 aromatic rings. The van der Waals surface area contributed by atoms with Crippen LogP contribution < -0.4 is 5.73 Å². The molecule has 0 aromatic heterocycles. The Hall–Kier alpha value is -0.610. The van der Waals surface area contributed by atoms with Crippen molar-refractivity contribution in [3.8, 4) is 0 Å². The topological polar surface area (TPSA) is 61.5 Å². The second-order valence-electron chi connectivity index (χ2n) is 4.96. The SMILES string of the molecule is CC(=O)OC(C)(C)C(C)(C)OCCCCN. The Balaban J connectivity index is 4.22. The fourth-order valence-corrected chi connectivity index (χ4v) is 1.23. The number of rotatable bonds is 7. The predicted molar refractivity (Wildman–Crippen MR) is 64.2 cm³/mol. The van der Waals surface area contributed by atoms with Gasteiger partial charge in [-0.05, 0) is 47.1 Å². The molecule has 16 heavy (non-hydrogen) atoms. The molecule has 0 bridgehead atoms. The highest BCUT2D eigenvalue weighted by atomic mass is 16.6. The average molecular weight is 231 g/mol. The Morgan fingerprint density at radius 2 is 1.69 bits per heavy atom. The van der Waals surface area contributed by atoms with Crippen molar-refractivity contribution in [2.45, 2.75) is 58.7 Å². The van der Waals surface area contributed by atoms with E-state index >= 15 is 0 Å². The highest BCUT2D eigenvalue weighted by Gasteiger charge is 2.40. The summed E-state index contributed by atoms with van der Waals surface area (Å²) in [4.78, 5) is 11.0. The van der Waals surface area contributed by atoms with Crippen molar-refractivity contribution in [1.29, 1.82) is 0 Å². The summed E-state index contributed by atoms with van der Waals surface area (Å²) in [5.41, 5.74) is 4.26. The first-order valence-electron chi connectivity index (χ1n) is 5.76. The van der Waals surface area contributed by atoms with E-state index in [1.807, 2.05) is 27.7 Å². The Morgan fingerprint density at radius 3 is 2.12 bits per heavy atom. The summed E-state index contributed by atoms with van der Waals surface area (Å²) < 4.78 is 11.0. The lowest BCUT2D eigenvalue weighted by Gasteiger charge is -2.40. The van der Waals surface area contributed by atoms with Gasteiger partial charge in [0.1, 0.15) is 11.2 Å². The fourth-order valence-electron chi connectivity index (χ4n) is 1.23. The van der Waals surface area contributed by atoms with Crippen LogP contribution in [-0.2, 0) is 14.3 Å². The summed E-state index contributed by atoms with van der Waals surface area (Å²) in [7, 11) is 0. The molecule has 0 spiro atoms. The average Bonchev–Trinajstić information content (AvgIpc) is 2.10. The fraction of sp³-hybridized carbons (Fsp3) is 0.917. The van der Waals surface area contributed by atoms with Crippen LogP contribution in [-0.4, -0.2) is 30.3 Å². The molecule has 0 amide bonds. The van der Waals surface area contributed by atoms with Crippen LogP contribution in [0.2, 0.25) is 0 Å². The van der Waals surface area contributed by atoms with Crippen molar-refractivity contribution in [2.75, 3.05) is 13.2 Å². The molecule has 0 unspecified atom stereocenters. The normalized spacial score (nSPS) is 12.6. The van der Waals surface area contributed by atoms with Crippen LogP contribution >= 0.6 is 0 Å². The van der Waals surface area contributed by atoms with Gasteiger partial charge in [-0.3, -0.25) is 4.79 Å². The first-order chi connectivity index (χ1) is 7.23. The Kier molecular flexibility index (Phi) is 5.97. The van der Waals surface area contributed by atoms with E-state index in [2.05, 4.69) is 0 Å². The van der Waals surface area contributed by atoms with Crippen LogP contribution in [0.1, 0.15) is 47.5 Å². The maximum Gasteiger partial charge on any atom is 0.303 e. The highest BCUT2D eigenvalue weighted by molar-refractivity contribution is 5.66. The lowest BCUT2D eigenvalue weighted by molar-refractivity contribution is -0.190. The van der Waals surface area contributed by atoms with Gasteiger partial charge in [-0.1, -0.05) is 0 Å². The summed E-state index contributed by atoms with van der Waals surface area (Å²) in [5.74, 6) is -0.288. The molecular formula is C12H25NO3. The standard InChI is InChI=1S/C12H25NO3/c1-10(14)16-12(4,5)11(2,3)15-9-7-6-8-13/h6-9,13H2,1-5H3. The second-order valence-corrected chi connectivity index (χ2v) is 4.96. The molecule has 0 aromatic carbocycles. The zero-order valence-corrected chi connectivity index (χ0v) is 11.1. The van der Waals surface area contributed by atoms with Crippen LogP contribution in [0.3, 0.4) is 0 Å². The van der Waals surface area contributed by atoms with E-state index in [1.54, 1.807) is 0 Å². The van der Waals surface area contributed by atoms with E-state index in [0.29, 0.717) is 13.2 Å². The van der Waals surface area contributed by atoms with E-state index in [0.717, 1.165) is 12.8 Å². The van der Waals surface area contributed by atoms with Gasteiger partial charge in [0.15, 0.2) is 0 Å². The van der Waals surface area contributed by atoms with Crippen LogP contribution in [0.15, 0.2) is 0 Å². The van der Waals surface area contributed by atoms with E-state index in [1.165, 1.54) is 6.92 Å². The smallest absolute Gasteiger partial charge is 0.303 e. The van der Waals surface area contributed by atoms with Gasteiger partial charge in [0.05, 0.1) is 0 Å². The lowest BCUT2D eigenvalue weighted by Crippen LogP contribution is -2.50. The van der Waals surface area contributed by atoms with Crippen LogP contribution in [0.4, 0.5) is 0 Å². The minimum absolute atomic E-state index is 0.288. The largest absolute Gasteiger partial charge is 0.457 e. The molecule has 0 aliphatic rings. The molecular weight excluding hydrogens is 206 g/mol. The summed E-state index contributed by atoms with van der Waals surface area (Å²) in [6.45, 7) is 10.3. The predicted octanol–water partition coefficient (Wildman–Crippen LogP) is 1.86. The lowest BCUT2D eigenvalue weighted by atomic mass is 9.89. The molecule has 0 saturated carbocycles. The quantitative estimate of drug-likeness (QED) is 0.536. The number of unbranched alkanes of at least 4 members (excludes halogenated alkanes) is 1. The number of ether oxygens (including phenoxy) is 2. The number of esters is 1. The maximum atomic E-state index is 11.0. The van der Waals surface area contributed by atoms with Gasteiger partial charge in [0, 0.05) is 13.5 Å². The van der Waals surface area contributed by atoms with E-state index in [4.69, 9.17) is 15.2 Å². The third-order valence-corrected chi connectivity index (χ3v) is 2.91. The van der Waals surface area contributed by atoms with Crippen molar-refractivity contribution in [1.82, 2.24) is 0 Å². The molecule has 0 aliphatic carbocycles. The summed E-state index contributed by atoms with van der Waals surface area (Å²) in [6.07, 6.45) is 1.88. The van der Waals surface area contributed by atoms with Crippen molar-refractivity contribution in [2.24, 2.45) is 5.73 Å². The summed E-state index contributed by atoms with van der Waals surface area (Å²) in [6, 6.07) is 0. The monoisotopic (exact) mass is 231 g/mol. The van der Waals surface area contributed by atoms with Gasteiger partial charge in [0.2, 0.25) is 0 Å². The number of hydrogen-bond donors (Lipinski definition) is 1. The molecule has 96 valence electrons. The molecule has 0 saturated heterocycles. The summed E-state index contributed by atoms with van der Waals surface area (Å²) >= 11 is 0. The van der Waals surface area contributed by atoms with E-state index in [-0.39, 0.29) is 5.97 Å². The number of carbonyl (C=O) groups excluding carboxylic acids is 1. The first-order valence-corrected chi connectivity index (χ1v) is 5.76. The minimum atomic E-state index is -0.637. The third kappa shape index (κ3) is 4.94. The Labute approximate surface area is 98.5 Å². The van der Waals surface area contributed by atoms with E-state index in [9.17, 15) is 4.79 Å². The Bertz CT molecular complexity index is 224. The van der Waals surface area contributed by atoms with Crippen LogP contribution in [0.25, 0.3) is 0 Å². The molecule has 4 heteroatoms. The second kappa shape index (κ2) is 6.21. The molecule has 0 atom stereocenters. The minimum Gasteiger partial charge on any atom is -0.457 e. The van der Waals surface area contributed by atoms with Crippen LogP contribution in [0.5, 0.6) is 0 Å². The molecule has 0 heterocycles. The number of carbonyl (C=O) groups is 1. The Morgan fingerprint density at radius 1 is 1.12 bits per heavy atom. The van der Waals surface area contributed by atoms with Gasteiger partial charge < -0.3 is 15.2 Å². The van der Waals surface area contributed by atoms with Crippen molar-refractivity contribution in [3.05, 3.63) is 0 Å². The number of nitrogens with two attached hydrogens (primary N) is 1. The van der Waals surface area contributed by atoms with Crippen LogP contribution in [0, 0.1) is 0 Å². The van der Waals surface area contributed by atoms with Gasteiger partial charge in [-0.15, -0.1) is 0 Å². The molecule has 0 radical (unpaired) electrons.